The van der Waals surface area contributed by atoms with Crippen molar-refractivity contribution in [3.8, 4) is 0 Å². The molecular formula is C16H33N3. The maximum absolute atomic E-state index is 3.61. The average molecular weight is 267 g/mol. The lowest BCUT2D eigenvalue weighted by Crippen LogP contribution is -2.50. The Morgan fingerprint density at radius 1 is 1.26 bits per heavy atom. The molecule has 0 bridgehead atoms. The standard InChI is InChI=1S/C16H33N3/c1-4-17-13-16(9-5-6-10-16)14-19(3)15-8-7-11-18(2)12-15/h15,17H,4-14H2,1-3H3. The number of likely N-dealkylation sites (tertiary alicyclic amines) is 1. The van der Waals surface area contributed by atoms with Gasteiger partial charge in [-0.25, -0.2) is 0 Å². The summed E-state index contributed by atoms with van der Waals surface area (Å²) in [6.45, 7) is 8.38. The molecule has 112 valence electrons. The van der Waals surface area contributed by atoms with Crippen molar-refractivity contribution in [1.82, 2.24) is 15.1 Å². The number of hydrogen-bond acceptors (Lipinski definition) is 3. The minimum absolute atomic E-state index is 0.556. The van der Waals surface area contributed by atoms with Crippen LogP contribution in [0.1, 0.15) is 45.4 Å². The summed E-state index contributed by atoms with van der Waals surface area (Å²) in [5.74, 6) is 0. The number of nitrogens with one attached hydrogen (secondary N) is 1. The van der Waals surface area contributed by atoms with Gasteiger partial charge in [-0.05, 0) is 58.3 Å². The van der Waals surface area contributed by atoms with Crippen LogP contribution in [0.15, 0.2) is 0 Å². The van der Waals surface area contributed by atoms with Crippen LogP contribution in [0.25, 0.3) is 0 Å². The summed E-state index contributed by atoms with van der Waals surface area (Å²) in [6, 6.07) is 0.776. The van der Waals surface area contributed by atoms with Crippen molar-refractivity contribution in [2.75, 3.05) is 46.8 Å². The molecule has 2 fully saturated rings. The Hall–Kier alpha value is -0.120. The van der Waals surface area contributed by atoms with E-state index in [9.17, 15) is 0 Å². The van der Waals surface area contributed by atoms with Crippen LogP contribution >= 0.6 is 0 Å². The highest BCUT2D eigenvalue weighted by Crippen LogP contribution is 2.38. The third-order valence-corrected chi connectivity index (χ3v) is 5.22. The molecule has 1 aliphatic carbocycles. The number of likely N-dealkylation sites (N-methyl/N-ethyl adjacent to an activating group) is 2. The molecule has 1 aliphatic heterocycles. The summed E-state index contributed by atoms with van der Waals surface area (Å²) in [4.78, 5) is 5.16. The normalized spacial score (nSPS) is 28.1. The van der Waals surface area contributed by atoms with E-state index in [4.69, 9.17) is 0 Å². The molecule has 3 nitrogen and oxygen atoms in total. The molecule has 0 aromatic heterocycles. The van der Waals surface area contributed by atoms with Crippen LogP contribution in [-0.4, -0.2) is 62.7 Å². The maximum Gasteiger partial charge on any atom is 0.0220 e. The van der Waals surface area contributed by atoms with E-state index in [2.05, 4.69) is 36.1 Å². The summed E-state index contributed by atoms with van der Waals surface area (Å²) in [5, 5.41) is 3.61. The van der Waals surface area contributed by atoms with E-state index in [1.54, 1.807) is 0 Å². The smallest absolute Gasteiger partial charge is 0.0220 e. The molecule has 1 saturated carbocycles. The molecule has 3 heteroatoms. The molecule has 0 radical (unpaired) electrons. The zero-order valence-corrected chi connectivity index (χ0v) is 13.2. The first-order chi connectivity index (χ1) is 9.15. The van der Waals surface area contributed by atoms with E-state index in [0.717, 1.165) is 12.6 Å². The van der Waals surface area contributed by atoms with E-state index in [-0.39, 0.29) is 0 Å². The molecule has 1 unspecified atom stereocenters. The molecule has 2 aliphatic rings. The van der Waals surface area contributed by atoms with Gasteiger partial charge >= 0.3 is 0 Å². The van der Waals surface area contributed by atoms with Crippen LogP contribution in [0.3, 0.4) is 0 Å². The van der Waals surface area contributed by atoms with Gasteiger partial charge in [0.2, 0.25) is 0 Å². The fourth-order valence-electron chi connectivity index (χ4n) is 4.06. The molecule has 19 heavy (non-hydrogen) atoms. The lowest BCUT2D eigenvalue weighted by atomic mass is 9.84. The largest absolute Gasteiger partial charge is 0.316 e. The zero-order valence-electron chi connectivity index (χ0n) is 13.2. The molecule has 1 saturated heterocycles. The molecule has 1 atom stereocenters. The van der Waals surface area contributed by atoms with Crippen LogP contribution in [-0.2, 0) is 0 Å². The van der Waals surface area contributed by atoms with Gasteiger partial charge in [0.25, 0.3) is 0 Å². The third-order valence-electron chi connectivity index (χ3n) is 5.22. The Bertz CT molecular complexity index is 261. The van der Waals surface area contributed by atoms with E-state index < -0.39 is 0 Å². The highest BCUT2D eigenvalue weighted by molar-refractivity contribution is 4.91. The van der Waals surface area contributed by atoms with Gasteiger partial charge in [0, 0.05) is 25.7 Å². The van der Waals surface area contributed by atoms with Crippen LogP contribution in [0.5, 0.6) is 0 Å². The molecule has 2 rings (SSSR count). The number of hydrogen-bond donors (Lipinski definition) is 1. The second-order valence-electron chi connectivity index (χ2n) is 6.96. The van der Waals surface area contributed by atoms with Gasteiger partial charge in [0.1, 0.15) is 0 Å². The van der Waals surface area contributed by atoms with Crippen molar-refractivity contribution >= 4 is 0 Å². The van der Waals surface area contributed by atoms with Crippen molar-refractivity contribution in [3.05, 3.63) is 0 Å². The van der Waals surface area contributed by atoms with Crippen molar-refractivity contribution in [1.29, 1.82) is 0 Å². The summed E-state index contributed by atoms with van der Waals surface area (Å²) < 4.78 is 0. The predicted molar refractivity (Wildman–Crippen MR) is 82.6 cm³/mol. The quantitative estimate of drug-likeness (QED) is 0.796. The first kappa shape index (κ1) is 15.3. The zero-order chi connectivity index (χ0) is 13.7. The van der Waals surface area contributed by atoms with Gasteiger partial charge in [-0.15, -0.1) is 0 Å². The van der Waals surface area contributed by atoms with Gasteiger partial charge in [0.05, 0.1) is 0 Å². The minimum Gasteiger partial charge on any atom is -0.316 e. The highest BCUT2D eigenvalue weighted by Gasteiger charge is 2.36. The van der Waals surface area contributed by atoms with Gasteiger partial charge in [-0.2, -0.15) is 0 Å². The lowest BCUT2D eigenvalue weighted by Gasteiger charge is -2.41. The van der Waals surface area contributed by atoms with Crippen molar-refractivity contribution in [3.63, 3.8) is 0 Å². The summed E-state index contributed by atoms with van der Waals surface area (Å²) >= 11 is 0. The maximum atomic E-state index is 3.61. The van der Waals surface area contributed by atoms with Gasteiger partial charge in [-0.3, -0.25) is 0 Å². The molecular weight excluding hydrogens is 234 g/mol. The van der Waals surface area contributed by atoms with Crippen LogP contribution in [0.2, 0.25) is 0 Å². The highest BCUT2D eigenvalue weighted by atomic mass is 15.2. The van der Waals surface area contributed by atoms with Crippen molar-refractivity contribution in [2.24, 2.45) is 5.41 Å². The Balaban J connectivity index is 1.88. The topological polar surface area (TPSA) is 18.5 Å². The van der Waals surface area contributed by atoms with Crippen LogP contribution < -0.4 is 5.32 Å². The van der Waals surface area contributed by atoms with E-state index in [1.807, 2.05) is 0 Å². The van der Waals surface area contributed by atoms with Crippen LogP contribution in [0, 0.1) is 5.41 Å². The summed E-state index contributed by atoms with van der Waals surface area (Å²) in [7, 11) is 4.62. The number of rotatable bonds is 6. The van der Waals surface area contributed by atoms with Crippen molar-refractivity contribution < 1.29 is 0 Å². The van der Waals surface area contributed by atoms with Gasteiger partial charge in [-0.1, -0.05) is 19.8 Å². The molecule has 0 aromatic rings. The number of piperidine rings is 1. The van der Waals surface area contributed by atoms with Crippen LogP contribution in [0.4, 0.5) is 0 Å². The van der Waals surface area contributed by atoms with Crippen molar-refractivity contribution in [2.45, 2.75) is 51.5 Å². The fourth-order valence-corrected chi connectivity index (χ4v) is 4.06. The Morgan fingerprint density at radius 3 is 2.63 bits per heavy atom. The predicted octanol–water partition coefficient (Wildman–Crippen LogP) is 2.18. The molecule has 0 amide bonds. The average Bonchev–Trinajstić information content (AvgIpc) is 2.85. The monoisotopic (exact) mass is 267 g/mol. The van der Waals surface area contributed by atoms with E-state index >= 15 is 0 Å². The SMILES string of the molecule is CCNCC1(CN(C)C2CCCN(C)C2)CCCC1. The number of nitrogens with zero attached hydrogens (tertiary/aromatic N) is 2. The Labute approximate surface area is 119 Å². The Kier molecular flexibility index (Phi) is 5.67. The molecule has 0 aromatic carbocycles. The second kappa shape index (κ2) is 7.05. The molecule has 0 spiro atoms. The molecule has 1 heterocycles. The molecule has 1 N–H and O–H groups in total. The first-order valence-corrected chi connectivity index (χ1v) is 8.25. The summed E-state index contributed by atoms with van der Waals surface area (Å²) in [5.41, 5.74) is 0.556. The lowest BCUT2D eigenvalue weighted by molar-refractivity contribution is 0.0874. The van der Waals surface area contributed by atoms with E-state index in [1.165, 1.54) is 64.7 Å². The van der Waals surface area contributed by atoms with Gasteiger partial charge < -0.3 is 15.1 Å². The fraction of sp³-hybridized carbons (Fsp3) is 1.00. The first-order valence-electron chi connectivity index (χ1n) is 8.25. The van der Waals surface area contributed by atoms with E-state index in [0.29, 0.717) is 5.41 Å². The summed E-state index contributed by atoms with van der Waals surface area (Å²) in [6.07, 6.45) is 8.47. The van der Waals surface area contributed by atoms with Gasteiger partial charge in [0.15, 0.2) is 0 Å². The second-order valence-corrected chi connectivity index (χ2v) is 6.96. The third kappa shape index (κ3) is 4.17. The Morgan fingerprint density at radius 2 is 2.00 bits per heavy atom. The minimum atomic E-state index is 0.556.